The van der Waals surface area contributed by atoms with Crippen LogP contribution in [0.1, 0.15) is 18.9 Å². The summed E-state index contributed by atoms with van der Waals surface area (Å²) in [5, 5.41) is 3.80. The molecular weight excluding hydrogens is 213 g/mol. The van der Waals surface area contributed by atoms with Gasteiger partial charge in [-0.2, -0.15) is 0 Å². The minimum absolute atomic E-state index is 0.178. The highest BCUT2D eigenvalue weighted by molar-refractivity contribution is 6.31. The van der Waals surface area contributed by atoms with Gasteiger partial charge in [0.15, 0.2) is 0 Å². The van der Waals surface area contributed by atoms with E-state index in [1.807, 2.05) is 0 Å². The SMILES string of the molecule is CCC1(Cc2c(F)cccc2Cl)CNC1. The standard InChI is InChI=1S/C12H15ClFN/c1-2-12(7-15-8-12)6-9-10(13)4-3-5-11(9)14/h3-5,15H,2,6-8H2,1H3. The molecule has 1 aliphatic heterocycles. The van der Waals surface area contributed by atoms with Crippen LogP contribution in [0.25, 0.3) is 0 Å². The molecule has 82 valence electrons. The van der Waals surface area contributed by atoms with E-state index in [-0.39, 0.29) is 11.2 Å². The third-order valence-electron chi connectivity index (χ3n) is 3.36. The first-order valence-electron chi connectivity index (χ1n) is 5.30. The molecule has 15 heavy (non-hydrogen) atoms. The molecule has 3 heteroatoms. The number of rotatable bonds is 3. The lowest BCUT2D eigenvalue weighted by atomic mass is 9.74. The molecule has 1 saturated heterocycles. The van der Waals surface area contributed by atoms with Crippen LogP contribution in [0.3, 0.4) is 0 Å². The van der Waals surface area contributed by atoms with E-state index in [1.165, 1.54) is 6.07 Å². The largest absolute Gasteiger partial charge is 0.316 e. The maximum atomic E-state index is 13.6. The van der Waals surface area contributed by atoms with E-state index in [4.69, 9.17) is 11.6 Å². The van der Waals surface area contributed by atoms with Crippen molar-refractivity contribution in [3.8, 4) is 0 Å². The molecule has 0 radical (unpaired) electrons. The van der Waals surface area contributed by atoms with Crippen molar-refractivity contribution < 1.29 is 4.39 Å². The van der Waals surface area contributed by atoms with Crippen LogP contribution in [0.4, 0.5) is 4.39 Å². The van der Waals surface area contributed by atoms with Gasteiger partial charge < -0.3 is 5.32 Å². The Labute approximate surface area is 94.6 Å². The van der Waals surface area contributed by atoms with Gasteiger partial charge >= 0.3 is 0 Å². The zero-order valence-electron chi connectivity index (χ0n) is 8.82. The van der Waals surface area contributed by atoms with Crippen molar-refractivity contribution in [2.75, 3.05) is 13.1 Å². The van der Waals surface area contributed by atoms with E-state index < -0.39 is 0 Å². The molecule has 0 spiro atoms. The molecule has 2 rings (SSSR count). The van der Waals surface area contributed by atoms with E-state index in [2.05, 4.69) is 12.2 Å². The summed E-state index contributed by atoms with van der Waals surface area (Å²) in [4.78, 5) is 0. The second-order valence-corrected chi connectivity index (χ2v) is 4.74. The Kier molecular flexibility index (Phi) is 2.98. The third-order valence-corrected chi connectivity index (χ3v) is 3.72. The monoisotopic (exact) mass is 227 g/mol. The molecule has 1 fully saturated rings. The van der Waals surface area contributed by atoms with Gasteiger partial charge in [0.25, 0.3) is 0 Å². The first-order valence-corrected chi connectivity index (χ1v) is 5.68. The highest BCUT2D eigenvalue weighted by Crippen LogP contribution is 2.34. The summed E-state index contributed by atoms with van der Waals surface area (Å²) >= 11 is 6.01. The van der Waals surface area contributed by atoms with Crippen LogP contribution in [0.2, 0.25) is 5.02 Å². The topological polar surface area (TPSA) is 12.0 Å². The fourth-order valence-electron chi connectivity index (χ4n) is 2.05. The Morgan fingerprint density at radius 2 is 2.20 bits per heavy atom. The van der Waals surface area contributed by atoms with Crippen molar-refractivity contribution in [3.05, 3.63) is 34.6 Å². The lowest BCUT2D eigenvalue weighted by molar-refractivity contribution is 0.158. The van der Waals surface area contributed by atoms with Gasteiger partial charge in [-0.25, -0.2) is 4.39 Å². The predicted molar refractivity (Wildman–Crippen MR) is 60.7 cm³/mol. The van der Waals surface area contributed by atoms with Gasteiger partial charge in [0, 0.05) is 23.7 Å². The van der Waals surface area contributed by atoms with Crippen LogP contribution in [-0.2, 0) is 6.42 Å². The van der Waals surface area contributed by atoms with Gasteiger partial charge in [-0.15, -0.1) is 0 Å². The van der Waals surface area contributed by atoms with Crippen molar-refractivity contribution in [1.82, 2.24) is 5.32 Å². The van der Waals surface area contributed by atoms with E-state index in [0.29, 0.717) is 10.6 Å². The fraction of sp³-hybridized carbons (Fsp3) is 0.500. The molecule has 0 amide bonds. The van der Waals surface area contributed by atoms with Crippen molar-refractivity contribution in [2.45, 2.75) is 19.8 Å². The molecule has 0 aromatic heterocycles. The van der Waals surface area contributed by atoms with E-state index >= 15 is 0 Å². The lowest BCUT2D eigenvalue weighted by Gasteiger charge is -2.42. The van der Waals surface area contributed by atoms with Gasteiger partial charge in [-0.1, -0.05) is 24.6 Å². The number of hydrogen-bond acceptors (Lipinski definition) is 1. The Morgan fingerprint density at radius 1 is 1.47 bits per heavy atom. The maximum absolute atomic E-state index is 13.6. The highest BCUT2D eigenvalue weighted by Gasteiger charge is 2.36. The van der Waals surface area contributed by atoms with Crippen LogP contribution < -0.4 is 5.32 Å². The number of nitrogens with one attached hydrogen (secondary N) is 1. The average molecular weight is 228 g/mol. The normalized spacial score (nSPS) is 18.6. The Hall–Kier alpha value is -0.600. The first kappa shape index (κ1) is 10.9. The van der Waals surface area contributed by atoms with Crippen molar-refractivity contribution >= 4 is 11.6 Å². The van der Waals surface area contributed by atoms with Gasteiger partial charge in [0.05, 0.1) is 0 Å². The molecule has 1 heterocycles. The van der Waals surface area contributed by atoms with Crippen molar-refractivity contribution in [2.24, 2.45) is 5.41 Å². The number of halogens is 2. The maximum Gasteiger partial charge on any atom is 0.127 e. The van der Waals surface area contributed by atoms with Crippen LogP contribution in [-0.4, -0.2) is 13.1 Å². The molecule has 0 saturated carbocycles. The molecule has 1 aromatic rings. The fourth-order valence-corrected chi connectivity index (χ4v) is 2.28. The molecule has 0 atom stereocenters. The number of hydrogen-bond donors (Lipinski definition) is 1. The lowest BCUT2D eigenvalue weighted by Crippen LogP contribution is -2.54. The quantitative estimate of drug-likeness (QED) is 0.837. The van der Waals surface area contributed by atoms with Crippen molar-refractivity contribution in [1.29, 1.82) is 0 Å². The molecule has 0 aliphatic carbocycles. The summed E-state index contributed by atoms with van der Waals surface area (Å²) in [7, 11) is 0. The second-order valence-electron chi connectivity index (χ2n) is 4.33. The van der Waals surface area contributed by atoms with E-state index in [1.54, 1.807) is 12.1 Å². The summed E-state index contributed by atoms with van der Waals surface area (Å²) in [6.07, 6.45) is 1.80. The van der Waals surface area contributed by atoms with E-state index in [9.17, 15) is 4.39 Å². The van der Waals surface area contributed by atoms with Gasteiger partial charge in [-0.05, 0) is 30.4 Å². The minimum atomic E-state index is -0.178. The summed E-state index contributed by atoms with van der Waals surface area (Å²) in [5.41, 5.74) is 0.883. The van der Waals surface area contributed by atoms with Gasteiger partial charge in [-0.3, -0.25) is 0 Å². The zero-order chi connectivity index (χ0) is 10.9. The Bertz CT molecular complexity index is 335. The highest BCUT2D eigenvalue weighted by atomic mass is 35.5. The molecule has 0 bridgehead atoms. The van der Waals surface area contributed by atoms with Crippen molar-refractivity contribution in [3.63, 3.8) is 0 Å². The Morgan fingerprint density at radius 3 is 2.67 bits per heavy atom. The Balaban J connectivity index is 2.23. The van der Waals surface area contributed by atoms with Crippen LogP contribution >= 0.6 is 11.6 Å². The van der Waals surface area contributed by atoms with E-state index in [0.717, 1.165) is 25.9 Å². The summed E-state index contributed by atoms with van der Waals surface area (Å²) < 4.78 is 13.6. The molecule has 1 aromatic carbocycles. The van der Waals surface area contributed by atoms with Gasteiger partial charge in [0.1, 0.15) is 5.82 Å². The third kappa shape index (κ3) is 2.01. The molecule has 1 aliphatic rings. The van der Waals surface area contributed by atoms with Crippen LogP contribution in [0, 0.1) is 11.2 Å². The van der Waals surface area contributed by atoms with Crippen LogP contribution in [0.5, 0.6) is 0 Å². The predicted octanol–water partition coefficient (Wildman–Crippen LogP) is 3.02. The smallest absolute Gasteiger partial charge is 0.127 e. The summed E-state index contributed by atoms with van der Waals surface area (Å²) in [6, 6.07) is 4.89. The van der Waals surface area contributed by atoms with Crippen LogP contribution in [0.15, 0.2) is 18.2 Å². The first-order chi connectivity index (χ1) is 7.17. The summed E-state index contributed by atoms with van der Waals surface area (Å²) in [6.45, 7) is 4.08. The second kappa shape index (κ2) is 4.11. The summed E-state index contributed by atoms with van der Waals surface area (Å²) in [5.74, 6) is -0.178. The average Bonchev–Trinajstić information content (AvgIpc) is 2.15. The molecular formula is C12H15ClFN. The molecule has 1 nitrogen and oxygen atoms in total. The molecule has 0 unspecified atom stereocenters. The number of benzene rings is 1. The minimum Gasteiger partial charge on any atom is -0.316 e. The molecule has 1 N–H and O–H groups in total. The van der Waals surface area contributed by atoms with Gasteiger partial charge in [0.2, 0.25) is 0 Å². The zero-order valence-corrected chi connectivity index (χ0v) is 9.57.